The molecule has 0 amide bonds. The molecular weight excluding hydrogens is 382 g/mol. The van der Waals surface area contributed by atoms with Crippen LogP contribution in [0.5, 0.6) is 0 Å². The maximum Gasteiger partial charge on any atom is 0.153 e. The van der Waals surface area contributed by atoms with Crippen LogP contribution >= 0.6 is 0 Å². The molecule has 0 spiro atoms. The molecule has 1 aromatic carbocycles. The highest BCUT2D eigenvalue weighted by Gasteiger charge is 2.30. The summed E-state index contributed by atoms with van der Waals surface area (Å²) in [7, 11) is -3.00. The third-order valence-corrected chi connectivity index (χ3v) is 9.49. The highest BCUT2D eigenvalue weighted by Crippen LogP contribution is 2.32. The monoisotopic (exact) mass is 419 g/mol. The molecule has 0 bridgehead atoms. The van der Waals surface area contributed by atoms with E-state index in [0.29, 0.717) is 24.4 Å². The van der Waals surface area contributed by atoms with Crippen LogP contribution in [-0.4, -0.2) is 38.3 Å². The summed E-state index contributed by atoms with van der Waals surface area (Å²) in [5.74, 6) is 0.932. The van der Waals surface area contributed by atoms with E-state index in [1.165, 1.54) is 24.9 Å². The quantitative estimate of drug-likeness (QED) is 0.607. The van der Waals surface area contributed by atoms with E-state index in [4.69, 9.17) is 0 Å². The van der Waals surface area contributed by atoms with Gasteiger partial charge in [-0.05, 0) is 81.9 Å². The van der Waals surface area contributed by atoms with Gasteiger partial charge in [0.25, 0.3) is 0 Å². The molecule has 29 heavy (non-hydrogen) atoms. The van der Waals surface area contributed by atoms with E-state index >= 15 is 0 Å². The number of nitrogens with zero attached hydrogens (tertiary/aromatic N) is 1. The van der Waals surface area contributed by atoms with Crippen LogP contribution in [0.15, 0.2) is 24.3 Å². The lowest BCUT2D eigenvalue weighted by Gasteiger charge is -2.29. The lowest BCUT2D eigenvalue weighted by Crippen LogP contribution is -2.30. The van der Waals surface area contributed by atoms with Gasteiger partial charge in [-0.2, -0.15) is 0 Å². The zero-order valence-electron chi connectivity index (χ0n) is 18.1. The van der Waals surface area contributed by atoms with Crippen LogP contribution in [0.4, 0.5) is 5.69 Å². The van der Waals surface area contributed by atoms with Gasteiger partial charge in [-0.15, -0.1) is 0 Å². The summed E-state index contributed by atoms with van der Waals surface area (Å²) in [5.41, 5.74) is 2.36. The first-order valence-electron chi connectivity index (χ1n) is 11.5. The lowest BCUT2D eigenvalue weighted by molar-refractivity contribution is -0.123. The maximum atomic E-state index is 12.8. The molecule has 2 aliphatic rings. The average molecular weight is 420 g/mol. The van der Waals surface area contributed by atoms with Crippen molar-refractivity contribution in [1.82, 2.24) is 0 Å². The van der Waals surface area contributed by atoms with Gasteiger partial charge >= 0.3 is 0 Å². The zero-order valence-corrected chi connectivity index (χ0v) is 18.9. The first-order valence-corrected chi connectivity index (χ1v) is 13.2. The van der Waals surface area contributed by atoms with Gasteiger partial charge in [-0.3, -0.25) is 4.79 Å². The Bertz CT molecular complexity index is 758. The Kier molecular flexibility index (Phi) is 7.78. The molecule has 1 heterocycles. The average Bonchev–Trinajstić information content (AvgIpc) is 2.74. The van der Waals surface area contributed by atoms with Gasteiger partial charge in [-0.1, -0.05) is 19.1 Å². The largest absolute Gasteiger partial charge is 0.372 e. The SMILES string of the molecule is CCC(C)S(=O)(=O)CC1CCC(C(=O)Cc2ccc(N3CCCCC3)cc2)CC1. The third-order valence-electron chi connectivity index (χ3n) is 6.99. The van der Waals surface area contributed by atoms with Crippen molar-refractivity contribution in [2.24, 2.45) is 11.8 Å². The summed E-state index contributed by atoms with van der Waals surface area (Å²) in [6.07, 6.45) is 8.43. The minimum absolute atomic E-state index is 0.0966. The van der Waals surface area contributed by atoms with Crippen molar-refractivity contribution >= 4 is 21.3 Å². The molecule has 1 aromatic rings. The van der Waals surface area contributed by atoms with Gasteiger partial charge < -0.3 is 4.90 Å². The summed E-state index contributed by atoms with van der Waals surface area (Å²) < 4.78 is 24.7. The molecule has 3 rings (SSSR count). The smallest absolute Gasteiger partial charge is 0.153 e. The van der Waals surface area contributed by atoms with Crippen LogP contribution in [0.2, 0.25) is 0 Å². The Morgan fingerprint density at radius 3 is 2.24 bits per heavy atom. The maximum absolute atomic E-state index is 12.8. The number of rotatable bonds is 8. The number of ketones is 1. The van der Waals surface area contributed by atoms with E-state index < -0.39 is 9.84 Å². The standard InChI is InChI=1S/C24H37NO3S/c1-3-19(2)29(27,28)18-21-7-11-22(12-8-21)24(26)17-20-9-13-23(14-10-20)25-15-5-4-6-16-25/h9-10,13-14,19,21-22H,3-8,11-12,15-18H2,1-2H3. The van der Waals surface area contributed by atoms with E-state index in [2.05, 4.69) is 29.2 Å². The summed E-state index contributed by atoms with van der Waals surface area (Å²) >= 11 is 0. The molecule has 1 unspecified atom stereocenters. The third kappa shape index (κ3) is 6.07. The first kappa shape index (κ1) is 22.3. The molecule has 1 aliphatic carbocycles. The Morgan fingerprint density at radius 2 is 1.66 bits per heavy atom. The van der Waals surface area contributed by atoms with Crippen LogP contribution in [0.25, 0.3) is 0 Å². The Balaban J connectivity index is 1.47. The van der Waals surface area contributed by atoms with Crippen LogP contribution in [-0.2, 0) is 21.1 Å². The molecule has 1 aliphatic heterocycles. The second-order valence-electron chi connectivity index (χ2n) is 9.12. The van der Waals surface area contributed by atoms with E-state index in [0.717, 1.165) is 44.3 Å². The summed E-state index contributed by atoms with van der Waals surface area (Å²) in [6, 6.07) is 8.52. The number of carbonyl (C=O) groups is 1. The number of benzene rings is 1. The number of hydrogen-bond donors (Lipinski definition) is 0. The highest BCUT2D eigenvalue weighted by molar-refractivity contribution is 7.92. The van der Waals surface area contributed by atoms with Crippen molar-refractivity contribution in [2.45, 2.75) is 76.9 Å². The predicted molar refractivity (Wildman–Crippen MR) is 120 cm³/mol. The minimum atomic E-state index is -3.00. The summed E-state index contributed by atoms with van der Waals surface area (Å²) in [4.78, 5) is 15.2. The Hall–Kier alpha value is -1.36. The molecule has 0 radical (unpaired) electrons. The normalized spacial score (nSPS) is 24.3. The molecule has 0 aromatic heterocycles. The first-order chi connectivity index (χ1) is 13.9. The number of hydrogen-bond acceptors (Lipinski definition) is 4. The topological polar surface area (TPSA) is 54.5 Å². The highest BCUT2D eigenvalue weighted by atomic mass is 32.2. The zero-order chi connectivity index (χ0) is 20.9. The van der Waals surface area contributed by atoms with Gasteiger partial charge in [0, 0.05) is 31.1 Å². The van der Waals surface area contributed by atoms with Crippen molar-refractivity contribution in [2.75, 3.05) is 23.7 Å². The predicted octanol–water partition coefficient (Wildman–Crippen LogP) is 4.81. The van der Waals surface area contributed by atoms with Crippen LogP contribution in [0, 0.1) is 11.8 Å². The van der Waals surface area contributed by atoms with Gasteiger partial charge in [0.05, 0.1) is 11.0 Å². The van der Waals surface area contributed by atoms with Gasteiger partial charge in [-0.25, -0.2) is 8.42 Å². The fourth-order valence-corrected chi connectivity index (χ4v) is 6.55. The second kappa shape index (κ2) is 10.1. The van der Waals surface area contributed by atoms with Gasteiger partial charge in [0.15, 0.2) is 9.84 Å². The van der Waals surface area contributed by atoms with Crippen molar-refractivity contribution in [3.05, 3.63) is 29.8 Å². The lowest BCUT2D eigenvalue weighted by atomic mass is 9.79. The molecule has 4 nitrogen and oxygen atoms in total. The second-order valence-corrected chi connectivity index (χ2v) is 11.6. The number of sulfone groups is 1. The van der Waals surface area contributed by atoms with Crippen molar-refractivity contribution in [3.63, 3.8) is 0 Å². The van der Waals surface area contributed by atoms with Crippen LogP contribution in [0.1, 0.15) is 70.8 Å². The molecule has 0 N–H and O–H groups in total. The minimum Gasteiger partial charge on any atom is -0.372 e. The Morgan fingerprint density at radius 1 is 1.03 bits per heavy atom. The van der Waals surface area contributed by atoms with Crippen molar-refractivity contribution in [3.8, 4) is 0 Å². The Labute approximate surface area is 177 Å². The molecule has 1 saturated carbocycles. The molecular formula is C24H37NO3S. The van der Waals surface area contributed by atoms with Gasteiger partial charge in [0.1, 0.15) is 5.78 Å². The fraction of sp³-hybridized carbons (Fsp3) is 0.708. The van der Waals surface area contributed by atoms with Gasteiger partial charge in [0.2, 0.25) is 0 Å². The number of carbonyl (C=O) groups excluding carboxylic acids is 1. The van der Waals surface area contributed by atoms with Crippen LogP contribution < -0.4 is 4.90 Å². The van der Waals surface area contributed by atoms with E-state index in [1.54, 1.807) is 6.92 Å². The number of anilines is 1. The number of piperidine rings is 1. The van der Waals surface area contributed by atoms with Crippen molar-refractivity contribution in [1.29, 1.82) is 0 Å². The molecule has 5 heteroatoms. The van der Waals surface area contributed by atoms with E-state index in [-0.39, 0.29) is 17.1 Å². The number of Topliss-reactive ketones (excluding diaryl/α,β-unsaturated/α-hetero) is 1. The molecule has 2 fully saturated rings. The van der Waals surface area contributed by atoms with Crippen molar-refractivity contribution < 1.29 is 13.2 Å². The molecule has 162 valence electrons. The van der Waals surface area contributed by atoms with E-state index in [9.17, 15) is 13.2 Å². The summed E-state index contributed by atoms with van der Waals surface area (Å²) in [5, 5.41) is -0.255. The molecule has 1 saturated heterocycles. The molecule has 1 atom stereocenters. The van der Waals surface area contributed by atoms with E-state index in [1.807, 2.05) is 6.92 Å². The van der Waals surface area contributed by atoms with Crippen LogP contribution in [0.3, 0.4) is 0 Å². The fourth-order valence-electron chi connectivity index (χ4n) is 4.72. The summed E-state index contributed by atoms with van der Waals surface area (Å²) in [6.45, 7) is 6.00.